The summed E-state index contributed by atoms with van der Waals surface area (Å²) in [5, 5.41) is 5.44. The van der Waals surface area contributed by atoms with E-state index in [1.807, 2.05) is 27.7 Å². The molecule has 2 N–H and O–H groups in total. The van der Waals surface area contributed by atoms with Gasteiger partial charge < -0.3 is 15.1 Å². The third kappa shape index (κ3) is 4.30. The molecule has 0 bridgehead atoms. The van der Waals surface area contributed by atoms with Crippen molar-refractivity contribution in [3.05, 3.63) is 41.9 Å². The van der Waals surface area contributed by atoms with Gasteiger partial charge in [0.15, 0.2) is 0 Å². The minimum atomic E-state index is -0.309. The number of aryl methyl sites for hydroxylation is 1. The van der Waals surface area contributed by atoms with Gasteiger partial charge in [0.25, 0.3) is 0 Å². The summed E-state index contributed by atoms with van der Waals surface area (Å²) in [5.41, 5.74) is 1.44. The largest absolute Gasteiger partial charge is 0.443 e. The van der Waals surface area contributed by atoms with Crippen LogP contribution in [0.4, 0.5) is 10.5 Å². The highest BCUT2D eigenvalue weighted by molar-refractivity contribution is 5.89. The van der Waals surface area contributed by atoms with Crippen LogP contribution in [0, 0.1) is 6.92 Å². The number of urea groups is 1. The molecule has 0 saturated carbocycles. The Hall–Kier alpha value is -2.37. The first kappa shape index (κ1) is 15.0. The Morgan fingerprint density at radius 3 is 2.71 bits per heavy atom. The van der Waals surface area contributed by atoms with Crippen LogP contribution < -0.4 is 10.6 Å². The molecule has 112 valence electrons. The van der Waals surface area contributed by atoms with Gasteiger partial charge in [0.05, 0.1) is 12.7 Å². The molecule has 0 aliphatic carbocycles. The summed E-state index contributed by atoms with van der Waals surface area (Å²) in [6.45, 7) is 8.24. The number of aromatic nitrogens is 2. The molecule has 21 heavy (non-hydrogen) atoms. The number of rotatable bonds is 3. The van der Waals surface area contributed by atoms with Crippen molar-refractivity contribution in [3.63, 3.8) is 0 Å². The number of carbonyl (C=O) groups excluding carboxylic acids is 1. The number of oxazole rings is 1. The van der Waals surface area contributed by atoms with Crippen molar-refractivity contribution in [1.82, 2.24) is 15.3 Å². The second kappa shape index (κ2) is 5.95. The smallest absolute Gasteiger partial charge is 0.319 e. The zero-order valence-electron chi connectivity index (χ0n) is 12.7. The average Bonchev–Trinajstić information content (AvgIpc) is 2.85. The molecule has 0 aromatic carbocycles. The van der Waals surface area contributed by atoms with Gasteiger partial charge in [-0.2, -0.15) is 0 Å². The lowest BCUT2D eigenvalue weighted by molar-refractivity contribution is 0.250. The summed E-state index contributed by atoms with van der Waals surface area (Å²) in [4.78, 5) is 20.0. The molecule has 2 aromatic heterocycles. The van der Waals surface area contributed by atoms with Crippen LogP contribution in [0.2, 0.25) is 0 Å². The zero-order valence-corrected chi connectivity index (χ0v) is 12.7. The standard InChI is InChI=1S/C15H20N4O2/c1-10-7-11(5-6-16-10)19-14(20)18-9-13-17-8-12(21-13)15(2,3)4/h5-8H,9H2,1-4H3,(H2,16,18,19,20). The van der Waals surface area contributed by atoms with Crippen molar-refractivity contribution in [2.45, 2.75) is 39.7 Å². The number of carbonyl (C=O) groups is 1. The molecule has 0 spiro atoms. The van der Waals surface area contributed by atoms with Crippen LogP contribution in [0.1, 0.15) is 38.1 Å². The van der Waals surface area contributed by atoms with E-state index in [2.05, 4.69) is 20.6 Å². The van der Waals surface area contributed by atoms with Gasteiger partial charge >= 0.3 is 6.03 Å². The maximum atomic E-state index is 11.8. The highest BCUT2D eigenvalue weighted by atomic mass is 16.4. The molecular formula is C15H20N4O2. The summed E-state index contributed by atoms with van der Waals surface area (Å²) in [5.74, 6) is 1.28. The predicted molar refractivity (Wildman–Crippen MR) is 80.0 cm³/mol. The Labute approximate surface area is 124 Å². The highest BCUT2D eigenvalue weighted by Gasteiger charge is 2.19. The Morgan fingerprint density at radius 2 is 2.10 bits per heavy atom. The van der Waals surface area contributed by atoms with E-state index in [1.54, 1.807) is 24.5 Å². The Balaban J connectivity index is 1.88. The number of amides is 2. The molecule has 2 amide bonds. The number of pyridine rings is 1. The number of nitrogens with one attached hydrogen (secondary N) is 2. The first-order chi connectivity index (χ1) is 9.84. The molecule has 2 aromatic rings. The fraction of sp³-hybridized carbons (Fsp3) is 0.400. The monoisotopic (exact) mass is 288 g/mol. The summed E-state index contributed by atoms with van der Waals surface area (Å²) >= 11 is 0. The van der Waals surface area contributed by atoms with Crippen molar-refractivity contribution >= 4 is 11.7 Å². The Bertz CT molecular complexity index is 629. The molecule has 6 nitrogen and oxygen atoms in total. The molecule has 0 aliphatic rings. The molecule has 0 saturated heterocycles. The Kier molecular flexibility index (Phi) is 4.26. The van der Waals surface area contributed by atoms with Gasteiger partial charge in [-0.25, -0.2) is 9.78 Å². The molecular weight excluding hydrogens is 268 g/mol. The van der Waals surface area contributed by atoms with Crippen LogP contribution in [-0.2, 0) is 12.0 Å². The van der Waals surface area contributed by atoms with Crippen LogP contribution in [0.25, 0.3) is 0 Å². The summed E-state index contributed by atoms with van der Waals surface area (Å²) < 4.78 is 5.60. The molecule has 0 radical (unpaired) electrons. The minimum Gasteiger partial charge on any atom is -0.443 e. The van der Waals surface area contributed by atoms with E-state index in [0.29, 0.717) is 11.6 Å². The van der Waals surface area contributed by atoms with E-state index in [1.165, 1.54) is 0 Å². The first-order valence-corrected chi connectivity index (χ1v) is 6.77. The van der Waals surface area contributed by atoms with E-state index >= 15 is 0 Å². The lowest BCUT2D eigenvalue weighted by Crippen LogP contribution is -2.28. The molecule has 0 unspecified atom stereocenters. The molecule has 6 heteroatoms. The van der Waals surface area contributed by atoms with Gasteiger partial charge in [-0.15, -0.1) is 0 Å². The number of hydrogen-bond acceptors (Lipinski definition) is 4. The first-order valence-electron chi connectivity index (χ1n) is 6.77. The van der Waals surface area contributed by atoms with Crippen LogP contribution in [0.15, 0.2) is 28.9 Å². The lowest BCUT2D eigenvalue weighted by Gasteiger charge is -2.13. The van der Waals surface area contributed by atoms with Gasteiger partial charge in [-0.1, -0.05) is 20.8 Å². The van der Waals surface area contributed by atoms with Gasteiger partial charge in [-0.05, 0) is 19.1 Å². The second-order valence-electron chi connectivity index (χ2n) is 5.86. The normalized spacial score (nSPS) is 11.2. The van der Waals surface area contributed by atoms with E-state index < -0.39 is 0 Å². The van der Waals surface area contributed by atoms with E-state index in [4.69, 9.17) is 4.42 Å². The van der Waals surface area contributed by atoms with Crippen molar-refractivity contribution in [1.29, 1.82) is 0 Å². The fourth-order valence-corrected chi connectivity index (χ4v) is 1.69. The van der Waals surface area contributed by atoms with Crippen LogP contribution in [0.3, 0.4) is 0 Å². The molecule has 2 rings (SSSR count). The molecule has 0 fully saturated rings. The SMILES string of the molecule is Cc1cc(NC(=O)NCc2ncc(C(C)(C)C)o2)ccn1. The number of anilines is 1. The van der Waals surface area contributed by atoms with Crippen molar-refractivity contribution < 1.29 is 9.21 Å². The fourth-order valence-electron chi connectivity index (χ4n) is 1.69. The van der Waals surface area contributed by atoms with E-state index in [-0.39, 0.29) is 18.0 Å². The van der Waals surface area contributed by atoms with Crippen LogP contribution >= 0.6 is 0 Å². The van der Waals surface area contributed by atoms with Gasteiger partial charge in [0.2, 0.25) is 5.89 Å². The van der Waals surface area contributed by atoms with Gasteiger partial charge in [0.1, 0.15) is 5.76 Å². The van der Waals surface area contributed by atoms with E-state index in [0.717, 1.165) is 11.5 Å². The molecule has 0 aliphatic heterocycles. The quantitative estimate of drug-likeness (QED) is 0.909. The van der Waals surface area contributed by atoms with Crippen molar-refractivity contribution in [2.75, 3.05) is 5.32 Å². The van der Waals surface area contributed by atoms with Gasteiger partial charge in [0, 0.05) is 23.0 Å². The maximum Gasteiger partial charge on any atom is 0.319 e. The zero-order chi connectivity index (χ0) is 15.5. The third-order valence-electron chi connectivity index (χ3n) is 2.85. The van der Waals surface area contributed by atoms with Crippen molar-refractivity contribution in [3.8, 4) is 0 Å². The molecule has 0 atom stereocenters. The Morgan fingerprint density at radius 1 is 1.33 bits per heavy atom. The minimum absolute atomic E-state index is 0.0952. The topological polar surface area (TPSA) is 80.0 Å². The summed E-state index contributed by atoms with van der Waals surface area (Å²) in [6.07, 6.45) is 3.34. The van der Waals surface area contributed by atoms with Crippen LogP contribution in [-0.4, -0.2) is 16.0 Å². The second-order valence-corrected chi connectivity index (χ2v) is 5.86. The van der Waals surface area contributed by atoms with Crippen LogP contribution in [0.5, 0.6) is 0 Å². The summed E-state index contributed by atoms with van der Waals surface area (Å²) in [6, 6.07) is 3.22. The lowest BCUT2D eigenvalue weighted by atomic mass is 9.94. The predicted octanol–water partition coefficient (Wildman–Crippen LogP) is 3.00. The van der Waals surface area contributed by atoms with Gasteiger partial charge in [-0.3, -0.25) is 4.98 Å². The van der Waals surface area contributed by atoms with E-state index in [9.17, 15) is 4.79 Å². The highest BCUT2D eigenvalue weighted by Crippen LogP contribution is 2.22. The number of nitrogens with zero attached hydrogens (tertiary/aromatic N) is 2. The average molecular weight is 288 g/mol. The molecule has 2 heterocycles. The summed E-state index contributed by atoms with van der Waals surface area (Å²) in [7, 11) is 0. The third-order valence-corrected chi connectivity index (χ3v) is 2.85. The van der Waals surface area contributed by atoms with Crippen molar-refractivity contribution in [2.24, 2.45) is 0 Å². The number of hydrogen-bond donors (Lipinski definition) is 2. The maximum absolute atomic E-state index is 11.8.